The molecular weight excluding hydrogens is 542 g/mol. The first-order valence-corrected chi connectivity index (χ1v) is 14.5. The Hall–Kier alpha value is -3.96. The number of rotatable bonds is 5. The van der Waals surface area contributed by atoms with Crippen molar-refractivity contribution in [3.05, 3.63) is 52.1 Å². The van der Waals surface area contributed by atoms with Crippen molar-refractivity contribution in [2.24, 2.45) is 17.6 Å². The van der Waals surface area contributed by atoms with E-state index in [2.05, 4.69) is 10.3 Å². The fourth-order valence-electron chi connectivity index (χ4n) is 7.27. The number of aliphatic hydroxyl groups is 3. The van der Waals surface area contributed by atoms with Gasteiger partial charge >= 0.3 is 0 Å². The molecule has 42 heavy (non-hydrogen) atoms. The normalized spacial score (nSPS) is 28.1. The molecule has 0 bridgehead atoms. The highest BCUT2D eigenvalue weighted by Gasteiger charge is 2.64. The number of nitrogens with zero attached hydrogens (tertiary/aromatic N) is 1. The topological polar surface area (TPSA) is 196 Å². The maximum Gasteiger partial charge on any atom is 0.255 e. The van der Waals surface area contributed by atoms with Crippen LogP contribution in [0.5, 0.6) is 5.75 Å². The van der Waals surface area contributed by atoms with E-state index in [1.54, 1.807) is 12.3 Å². The van der Waals surface area contributed by atoms with Crippen molar-refractivity contribution in [3.63, 3.8) is 0 Å². The van der Waals surface area contributed by atoms with E-state index in [4.69, 9.17) is 10.2 Å². The molecule has 7 N–H and O–H groups in total. The van der Waals surface area contributed by atoms with Crippen LogP contribution in [0.3, 0.4) is 0 Å². The highest BCUT2D eigenvalue weighted by Crippen LogP contribution is 2.53. The Kier molecular flexibility index (Phi) is 6.77. The van der Waals surface area contributed by atoms with E-state index in [0.29, 0.717) is 17.0 Å². The maximum atomic E-state index is 14.1. The molecule has 1 heterocycles. The van der Waals surface area contributed by atoms with E-state index in [1.807, 2.05) is 13.8 Å². The summed E-state index contributed by atoms with van der Waals surface area (Å²) in [7, 11) is 0. The van der Waals surface area contributed by atoms with E-state index in [-0.39, 0.29) is 41.7 Å². The number of aliphatic hydroxyl groups excluding tert-OH is 2. The van der Waals surface area contributed by atoms with Gasteiger partial charge < -0.3 is 35.9 Å². The number of nitrogens with two attached hydrogens (primary N) is 1. The van der Waals surface area contributed by atoms with Crippen LogP contribution in [0.1, 0.15) is 75.1 Å². The number of carbonyl (C=O) groups excluding carboxylic acids is 3. The van der Waals surface area contributed by atoms with Crippen LogP contribution in [-0.4, -0.2) is 60.6 Å². The average Bonchev–Trinajstić information content (AvgIpc) is 3.44. The van der Waals surface area contributed by atoms with Gasteiger partial charge in [-0.1, -0.05) is 33.1 Å². The Balaban J connectivity index is 1.49. The van der Waals surface area contributed by atoms with Crippen molar-refractivity contribution in [2.45, 2.75) is 82.4 Å². The number of fused-ring (bicyclic) bond motifs is 3. The third-order valence-corrected chi connectivity index (χ3v) is 9.45. The summed E-state index contributed by atoms with van der Waals surface area (Å²) in [6.45, 7) is 3.95. The second kappa shape index (κ2) is 10.1. The lowest BCUT2D eigenvalue weighted by atomic mass is 9.57. The maximum absolute atomic E-state index is 14.1. The first-order chi connectivity index (χ1) is 19.9. The summed E-state index contributed by atoms with van der Waals surface area (Å²) in [6, 6.07) is 1.76. The SMILES string of the molecule is CC(C)c1coc(-c2ccc(O)c3c2C[C@H]2C[C@H]4[C@@H](NC5CCCCC5)C(=O)C(C(N)=O)=C(O)[C@@]4(O)C(=O)C2=C3O)n1. The largest absolute Gasteiger partial charge is 0.508 e. The Morgan fingerprint density at radius 3 is 2.50 bits per heavy atom. The second-order valence-corrected chi connectivity index (χ2v) is 12.3. The summed E-state index contributed by atoms with van der Waals surface area (Å²) in [5.74, 6) is -6.40. The molecule has 2 aromatic rings. The van der Waals surface area contributed by atoms with Crippen molar-refractivity contribution in [2.75, 3.05) is 0 Å². The second-order valence-electron chi connectivity index (χ2n) is 12.3. The van der Waals surface area contributed by atoms with Gasteiger partial charge in [0.15, 0.2) is 11.4 Å². The fraction of sp³-hybridized carbons (Fsp3) is 0.484. The molecule has 2 fully saturated rings. The molecule has 1 aromatic heterocycles. The number of nitrogens with one attached hydrogen (secondary N) is 1. The minimum absolute atomic E-state index is 0.000748. The molecule has 0 spiro atoms. The number of benzene rings is 1. The van der Waals surface area contributed by atoms with Gasteiger partial charge in [-0.05, 0) is 55.2 Å². The van der Waals surface area contributed by atoms with Gasteiger partial charge in [-0.25, -0.2) is 4.98 Å². The standard InChI is InChI=1S/C31H35N3O8/c1-13(2)19-12-42-30(34-19)16-8-9-20(35)22-17(16)10-14-11-18-24(33-15-6-4-3-5-7-15)26(37)23(29(32)40)28(39)31(18,41)27(38)21(14)25(22)36/h8-9,12-15,18,24,33,35-36,39,41H,3-7,10-11H2,1-2H3,(H2,32,40)/t14-,18-,24+,31-/m0/s1. The first kappa shape index (κ1) is 28.2. The van der Waals surface area contributed by atoms with Gasteiger partial charge in [0.1, 0.15) is 29.1 Å². The number of Topliss-reactive ketones (excluding diaryl/α,β-unsaturated/α-hetero) is 2. The summed E-state index contributed by atoms with van der Waals surface area (Å²) in [5, 5.41) is 48.6. The third-order valence-electron chi connectivity index (χ3n) is 9.45. The molecule has 0 aliphatic heterocycles. The molecule has 222 valence electrons. The van der Waals surface area contributed by atoms with Crippen LogP contribution in [0.2, 0.25) is 0 Å². The van der Waals surface area contributed by atoms with E-state index in [1.165, 1.54) is 6.07 Å². The van der Waals surface area contributed by atoms with Crippen molar-refractivity contribution >= 4 is 23.2 Å². The smallest absolute Gasteiger partial charge is 0.255 e. The highest BCUT2D eigenvalue weighted by molar-refractivity contribution is 6.24. The molecule has 1 amide bonds. The molecule has 2 saturated carbocycles. The zero-order valence-corrected chi connectivity index (χ0v) is 23.5. The predicted octanol–water partition coefficient (Wildman–Crippen LogP) is 3.10. The number of phenolic OH excluding ortho intramolecular Hbond substituents is 1. The monoisotopic (exact) mass is 577 g/mol. The summed E-state index contributed by atoms with van der Waals surface area (Å²) in [4.78, 5) is 44.6. The lowest BCUT2D eigenvalue weighted by molar-refractivity contribution is -0.150. The van der Waals surface area contributed by atoms with Gasteiger partial charge in [-0.3, -0.25) is 14.4 Å². The van der Waals surface area contributed by atoms with Crippen molar-refractivity contribution in [1.82, 2.24) is 10.3 Å². The van der Waals surface area contributed by atoms with E-state index < -0.39 is 58.0 Å². The first-order valence-electron chi connectivity index (χ1n) is 14.5. The molecule has 6 rings (SSSR count). The summed E-state index contributed by atoms with van der Waals surface area (Å²) >= 11 is 0. The van der Waals surface area contributed by atoms with Crippen LogP contribution in [-0.2, 0) is 20.8 Å². The molecular formula is C31H35N3O8. The van der Waals surface area contributed by atoms with Gasteiger partial charge in [0.25, 0.3) is 5.91 Å². The number of aromatic nitrogens is 1. The molecule has 0 saturated heterocycles. The molecule has 0 unspecified atom stereocenters. The molecule has 4 atom stereocenters. The summed E-state index contributed by atoms with van der Waals surface area (Å²) in [5.41, 5.74) is 3.55. The van der Waals surface area contributed by atoms with E-state index >= 15 is 0 Å². The van der Waals surface area contributed by atoms with Gasteiger partial charge in [-0.15, -0.1) is 0 Å². The van der Waals surface area contributed by atoms with Gasteiger partial charge in [0.2, 0.25) is 11.7 Å². The van der Waals surface area contributed by atoms with Crippen molar-refractivity contribution in [3.8, 4) is 17.2 Å². The fourth-order valence-corrected chi connectivity index (χ4v) is 7.27. The highest BCUT2D eigenvalue weighted by atomic mass is 16.4. The zero-order valence-electron chi connectivity index (χ0n) is 23.5. The molecule has 11 heteroatoms. The molecule has 4 aliphatic carbocycles. The number of oxazole rings is 1. The lowest BCUT2D eigenvalue weighted by Gasteiger charge is -2.49. The van der Waals surface area contributed by atoms with Crippen LogP contribution in [0.25, 0.3) is 17.2 Å². The number of ketones is 2. The van der Waals surface area contributed by atoms with Gasteiger partial charge in [0, 0.05) is 23.1 Å². The average molecular weight is 578 g/mol. The minimum atomic E-state index is -2.68. The van der Waals surface area contributed by atoms with Gasteiger partial charge in [0.05, 0.1) is 17.3 Å². The number of aromatic hydroxyl groups is 1. The van der Waals surface area contributed by atoms with Crippen LogP contribution in [0, 0.1) is 11.8 Å². The Morgan fingerprint density at radius 2 is 1.86 bits per heavy atom. The quantitative estimate of drug-likeness (QED) is 0.287. The Morgan fingerprint density at radius 1 is 1.14 bits per heavy atom. The minimum Gasteiger partial charge on any atom is -0.508 e. The van der Waals surface area contributed by atoms with Crippen molar-refractivity contribution in [1.29, 1.82) is 0 Å². The summed E-state index contributed by atoms with van der Waals surface area (Å²) < 4.78 is 5.74. The number of phenols is 1. The van der Waals surface area contributed by atoms with E-state index in [9.17, 15) is 34.8 Å². The zero-order chi connectivity index (χ0) is 30.1. The van der Waals surface area contributed by atoms with Crippen LogP contribution >= 0.6 is 0 Å². The van der Waals surface area contributed by atoms with Crippen LogP contribution in [0.4, 0.5) is 0 Å². The van der Waals surface area contributed by atoms with E-state index in [0.717, 1.165) is 37.8 Å². The summed E-state index contributed by atoms with van der Waals surface area (Å²) in [6.07, 6.45) is 6.24. The van der Waals surface area contributed by atoms with Gasteiger partial charge in [-0.2, -0.15) is 0 Å². The number of hydrogen-bond donors (Lipinski definition) is 6. The molecule has 0 radical (unpaired) electrons. The Labute approximate surface area is 242 Å². The number of hydrogen-bond acceptors (Lipinski definition) is 10. The molecule has 11 nitrogen and oxygen atoms in total. The number of amides is 1. The third kappa shape index (κ3) is 4.09. The molecule has 4 aliphatic rings. The number of carbonyl (C=O) groups is 3. The predicted molar refractivity (Wildman–Crippen MR) is 150 cm³/mol. The van der Waals surface area contributed by atoms with Crippen molar-refractivity contribution < 1.29 is 39.2 Å². The van der Waals surface area contributed by atoms with Crippen LogP contribution < -0.4 is 11.1 Å². The lowest BCUT2D eigenvalue weighted by Crippen LogP contribution is -2.67. The number of primary amides is 1. The Bertz CT molecular complexity index is 1560. The van der Waals surface area contributed by atoms with Crippen LogP contribution in [0.15, 0.2) is 39.7 Å². The molecule has 1 aromatic carbocycles.